The molecule has 5 N–H and O–H groups in total. The normalized spacial score (nSPS) is 15.8. The van der Waals surface area contributed by atoms with Gasteiger partial charge in [0.05, 0.1) is 28.5 Å². The third-order valence-corrected chi connectivity index (χ3v) is 7.16. The number of halogens is 1. The number of anilines is 3. The first kappa shape index (κ1) is 26.8. The number of carbonyl (C=O) groups is 1. The number of hydrazine groups is 2. The van der Waals surface area contributed by atoms with Crippen LogP contribution in [0.4, 0.5) is 17.1 Å². The van der Waals surface area contributed by atoms with Crippen molar-refractivity contribution in [3.05, 3.63) is 70.1 Å². The van der Waals surface area contributed by atoms with E-state index in [0.717, 1.165) is 56.5 Å². The Morgan fingerprint density at radius 1 is 1.26 bits per heavy atom. The molecule has 9 nitrogen and oxygen atoms in total. The van der Waals surface area contributed by atoms with Crippen molar-refractivity contribution in [3.63, 3.8) is 0 Å². The lowest BCUT2D eigenvalue weighted by Crippen LogP contribution is -2.38. The summed E-state index contributed by atoms with van der Waals surface area (Å²) in [6.45, 7) is 8.66. The summed E-state index contributed by atoms with van der Waals surface area (Å²) in [4.78, 5) is 16.3. The molecule has 1 fully saturated rings. The van der Waals surface area contributed by atoms with Crippen molar-refractivity contribution in [1.82, 2.24) is 21.0 Å². The monoisotopic (exact) mass is 588 g/mol. The van der Waals surface area contributed by atoms with Gasteiger partial charge in [0.25, 0.3) is 0 Å². The Kier molecular flexibility index (Phi) is 7.38. The van der Waals surface area contributed by atoms with E-state index >= 15 is 0 Å². The van der Waals surface area contributed by atoms with Crippen LogP contribution in [0.1, 0.15) is 57.7 Å². The van der Waals surface area contributed by atoms with Gasteiger partial charge >= 0.3 is 0 Å². The zero-order valence-corrected chi connectivity index (χ0v) is 24.1. The predicted octanol–water partition coefficient (Wildman–Crippen LogP) is 5.77. The lowest BCUT2D eigenvalue weighted by molar-refractivity contribution is -0.114. The molecule has 1 atom stereocenters. The summed E-state index contributed by atoms with van der Waals surface area (Å²) in [6.07, 6.45) is 6.03. The molecule has 0 bridgehead atoms. The Labute approximate surface area is 237 Å². The van der Waals surface area contributed by atoms with E-state index in [1.54, 1.807) is 6.20 Å². The van der Waals surface area contributed by atoms with Gasteiger partial charge in [-0.1, -0.05) is 32.9 Å². The summed E-state index contributed by atoms with van der Waals surface area (Å²) in [6, 6.07) is 14.4. The maximum absolute atomic E-state index is 11.7. The van der Waals surface area contributed by atoms with E-state index in [9.17, 15) is 10.1 Å². The van der Waals surface area contributed by atoms with E-state index in [1.165, 1.54) is 6.92 Å². The summed E-state index contributed by atoms with van der Waals surface area (Å²) in [7, 11) is 0. The molecule has 2 heterocycles. The molecule has 0 saturated heterocycles. The molecule has 10 heteroatoms. The van der Waals surface area contributed by atoms with Crippen LogP contribution in [0.5, 0.6) is 0 Å². The van der Waals surface area contributed by atoms with E-state index in [0.29, 0.717) is 18.2 Å². The molecule has 39 heavy (non-hydrogen) atoms. The highest BCUT2D eigenvalue weighted by Gasteiger charge is 2.32. The van der Waals surface area contributed by atoms with Gasteiger partial charge < -0.3 is 21.4 Å². The molecule has 3 aromatic rings. The van der Waals surface area contributed by atoms with Crippen LogP contribution in [-0.4, -0.2) is 28.5 Å². The average Bonchev–Trinajstić information content (AvgIpc) is 3.62. The third-order valence-electron chi connectivity index (χ3n) is 6.55. The Bertz CT molecular complexity index is 1490. The second-order valence-electron chi connectivity index (χ2n) is 11.3. The number of rotatable bonds is 8. The van der Waals surface area contributed by atoms with Crippen molar-refractivity contribution in [3.8, 4) is 6.07 Å². The van der Waals surface area contributed by atoms with Crippen LogP contribution in [0.15, 0.2) is 59.0 Å². The zero-order chi connectivity index (χ0) is 27.7. The fourth-order valence-electron chi connectivity index (χ4n) is 4.52. The number of benzene rings is 2. The molecule has 1 aliphatic heterocycles. The van der Waals surface area contributed by atoms with Crippen LogP contribution in [0.2, 0.25) is 0 Å². The fraction of sp³-hybridized carbons (Fsp3) is 0.345. The molecule has 1 aliphatic carbocycles. The topological polar surface area (TPSA) is 117 Å². The van der Waals surface area contributed by atoms with Gasteiger partial charge in [-0.25, -0.2) is 0 Å². The van der Waals surface area contributed by atoms with Crippen molar-refractivity contribution in [2.24, 2.45) is 5.41 Å². The summed E-state index contributed by atoms with van der Waals surface area (Å²) in [5.74, 6) is -0.119. The third kappa shape index (κ3) is 6.27. The van der Waals surface area contributed by atoms with Crippen molar-refractivity contribution >= 4 is 49.8 Å². The molecule has 2 aromatic carbocycles. The molecule has 1 aromatic heterocycles. The summed E-state index contributed by atoms with van der Waals surface area (Å²) in [5, 5.41) is 22.9. The van der Waals surface area contributed by atoms with Crippen LogP contribution in [0.3, 0.4) is 0 Å². The number of nitriles is 1. The number of aromatic nitrogens is 1. The van der Waals surface area contributed by atoms with Gasteiger partial charge in [0.15, 0.2) is 0 Å². The first-order valence-electron chi connectivity index (χ1n) is 13.0. The maximum Gasteiger partial charge on any atom is 0.221 e. The van der Waals surface area contributed by atoms with E-state index in [1.807, 2.05) is 36.4 Å². The molecule has 202 valence electrons. The standard InChI is InChI=1S/C29H33BrN8O/c1-17(39)34-20-7-5-6-18(10-20)27(25-15-38(37-36-25)22-8-9-22)35-21-11-23-26(33-16-29(2,3)4)19(13-31)14-32-28(23)24(30)12-21/h5-7,10-12,14-15,22,27,35-37H,8-9,16H2,1-4H3,(H,32,33)(H,34,39)/t27-/m0/s1. The molecule has 0 radical (unpaired) electrons. The Morgan fingerprint density at radius 2 is 2.05 bits per heavy atom. The van der Waals surface area contributed by atoms with Gasteiger partial charge in [-0.05, 0) is 64.0 Å². The Hall–Kier alpha value is -3.81. The van der Waals surface area contributed by atoms with Gasteiger partial charge in [-0.2, -0.15) is 5.26 Å². The molecular weight excluding hydrogens is 556 g/mol. The van der Waals surface area contributed by atoms with Gasteiger partial charge in [0.1, 0.15) is 6.07 Å². The van der Waals surface area contributed by atoms with Crippen LogP contribution < -0.4 is 26.9 Å². The predicted molar refractivity (Wildman–Crippen MR) is 158 cm³/mol. The molecule has 1 saturated carbocycles. The number of pyridine rings is 1. The number of nitrogens with one attached hydrogen (secondary N) is 5. The SMILES string of the molecule is CC(=O)Nc1cccc([C@H](Nc2cc(Br)c3ncc(C#N)c(NCC(C)(C)C)c3c2)C2=CN(C3CC3)NN2)c1. The van der Waals surface area contributed by atoms with Crippen molar-refractivity contribution in [1.29, 1.82) is 5.26 Å². The highest BCUT2D eigenvalue weighted by Crippen LogP contribution is 2.37. The summed E-state index contributed by atoms with van der Waals surface area (Å²) >= 11 is 3.71. The number of hydrogen-bond acceptors (Lipinski definition) is 8. The quantitative estimate of drug-likeness (QED) is 0.225. The van der Waals surface area contributed by atoms with Gasteiger partial charge in [-0.3, -0.25) is 14.8 Å². The van der Waals surface area contributed by atoms with E-state index < -0.39 is 0 Å². The minimum absolute atomic E-state index is 0.0283. The number of nitrogens with zero attached hydrogens (tertiary/aromatic N) is 3. The minimum atomic E-state index is -0.252. The van der Waals surface area contributed by atoms with Crippen LogP contribution in [0.25, 0.3) is 10.9 Å². The van der Waals surface area contributed by atoms with E-state index in [-0.39, 0.29) is 17.4 Å². The largest absolute Gasteiger partial charge is 0.383 e. The van der Waals surface area contributed by atoms with Crippen molar-refractivity contribution in [2.45, 2.75) is 52.6 Å². The molecule has 0 unspecified atom stereocenters. The van der Waals surface area contributed by atoms with E-state index in [4.69, 9.17) is 0 Å². The molecule has 0 spiro atoms. The number of hydrogen-bond donors (Lipinski definition) is 5. The highest BCUT2D eigenvalue weighted by atomic mass is 79.9. The number of carbonyl (C=O) groups excluding carboxylic acids is 1. The van der Waals surface area contributed by atoms with Crippen LogP contribution in [-0.2, 0) is 4.79 Å². The van der Waals surface area contributed by atoms with Crippen molar-refractivity contribution in [2.75, 3.05) is 22.5 Å². The molecular formula is C29H33BrN8O. The van der Waals surface area contributed by atoms with Crippen LogP contribution >= 0.6 is 15.9 Å². The second kappa shape index (κ2) is 10.8. The smallest absolute Gasteiger partial charge is 0.221 e. The van der Waals surface area contributed by atoms with Gasteiger partial charge in [0, 0.05) is 53.1 Å². The maximum atomic E-state index is 11.7. The Balaban J connectivity index is 1.56. The summed E-state index contributed by atoms with van der Waals surface area (Å²) < 4.78 is 0.822. The minimum Gasteiger partial charge on any atom is -0.383 e. The lowest BCUT2D eigenvalue weighted by atomic mass is 9.96. The molecule has 1 amide bonds. The number of amides is 1. The molecule has 2 aliphatic rings. The van der Waals surface area contributed by atoms with Gasteiger partial charge in [0.2, 0.25) is 5.91 Å². The van der Waals surface area contributed by atoms with Crippen LogP contribution in [0, 0.1) is 16.7 Å². The van der Waals surface area contributed by atoms with E-state index in [2.05, 4.69) is 85.9 Å². The van der Waals surface area contributed by atoms with Crippen molar-refractivity contribution < 1.29 is 4.79 Å². The molecule has 5 rings (SSSR count). The Morgan fingerprint density at radius 3 is 2.74 bits per heavy atom. The highest BCUT2D eigenvalue weighted by molar-refractivity contribution is 9.10. The fourth-order valence-corrected chi connectivity index (χ4v) is 5.08. The average molecular weight is 590 g/mol. The number of fused-ring (bicyclic) bond motifs is 1. The lowest BCUT2D eigenvalue weighted by Gasteiger charge is -2.24. The summed E-state index contributed by atoms with van der Waals surface area (Å²) in [5.41, 5.74) is 12.2. The first-order chi connectivity index (χ1) is 18.6. The zero-order valence-electron chi connectivity index (χ0n) is 22.5. The van der Waals surface area contributed by atoms with Gasteiger partial charge in [-0.15, -0.1) is 5.53 Å². The first-order valence-corrected chi connectivity index (χ1v) is 13.8. The second-order valence-corrected chi connectivity index (χ2v) is 12.1.